The monoisotopic (exact) mass is 365 g/mol. The third-order valence-electron chi connectivity index (χ3n) is 5.13. The van der Waals surface area contributed by atoms with E-state index in [9.17, 15) is 9.59 Å². The van der Waals surface area contributed by atoms with Crippen molar-refractivity contribution < 1.29 is 9.59 Å². The van der Waals surface area contributed by atoms with Crippen molar-refractivity contribution in [2.45, 2.75) is 26.2 Å². The number of nitrogens with one attached hydrogen (secondary N) is 3. The van der Waals surface area contributed by atoms with Gasteiger partial charge >= 0.3 is 0 Å². The van der Waals surface area contributed by atoms with E-state index in [1.165, 1.54) is 12.8 Å². The van der Waals surface area contributed by atoms with E-state index in [4.69, 9.17) is 0 Å². The van der Waals surface area contributed by atoms with Crippen LogP contribution in [-0.2, 0) is 4.79 Å². The molecule has 0 radical (unpaired) electrons. The third kappa shape index (κ3) is 5.41. The Bertz CT molecular complexity index is 770. The Labute approximate surface area is 160 Å². The van der Waals surface area contributed by atoms with Crippen molar-refractivity contribution >= 4 is 23.2 Å². The molecule has 0 spiro atoms. The predicted octanol–water partition coefficient (Wildman–Crippen LogP) is 3.90. The minimum absolute atomic E-state index is 0.0190. The van der Waals surface area contributed by atoms with Gasteiger partial charge in [-0.25, -0.2) is 0 Å². The second-order valence-corrected chi connectivity index (χ2v) is 7.20. The summed E-state index contributed by atoms with van der Waals surface area (Å²) < 4.78 is 0. The minimum Gasteiger partial charge on any atom is -0.324 e. The summed E-state index contributed by atoms with van der Waals surface area (Å²) in [6.07, 6.45) is 2.82. The quantitative estimate of drug-likeness (QED) is 0.727. The van der Waals surface area contributed by atoms with E-state index in [1.807, 2.05) is 36.4 Å². The van der Waals surface area contributed by atoms with Crippen molar-refractivity contribution in [3.8, 4) is 0 Å². The van der Waals surface area contributed by atoms with Crippen LogP contribution in [0, 0.1) is 11.8 Å². The predicted molar refractivity (Wildman–Crippen MR) is 109 cm³/mol. The van der Waals surface area contributed by atoms with Gasteiger partial charge in [-0.3, -0.25) is 9.59 Å². The summed E-state index contributed by atoms with van der Waals surface area (Å²) in [5, 5.41) is 9.25. The van der Waals surface area contributed by atoms with Gasteiger partial charge in [-0.15, -0.1) is 0 Å². The van der Waals surface area contributed by atoms with Crippen LogP contribution in [0.3, 0.4) is 0 Å². The summed E-state index contributed by atoms with van der Waals surface area (Å²) in [6.45, 7) is 4.20. The van der Waals surface area contributed by atoms with Crippen molar-refractivity contribution in [3.63, 3.8) is 0 Å². The molecule has 5 nitrogen and oxygen atoms in total. The molecule has 1 aliphatic heterocycles. The molecule has 0 bridgehead atoms. The van der Waals surface area contributed by atoms with Gasteiger partial charge in [0.25, 0.3) is 5.91 Å². The fourth-order valence-electron chi connectivity index (χ4n) is 3.51. The lowest BCUT2D eigenvalue weighted by Crippen LogP contribution is -2.34. The van der Waals surface area contributed by atoms with Crippen LogP contribution in [0.4, 0.5) is 11.4 Å². The first-order valence-corrected chi connectivity index (χ1v) is 9.59. The third-order valence-corrected chi connectivity index (χ3v) is 5.13. The van der Waals surface area contributed by atoms with Crippen LogP contribution in [0.1, 0.15) is 36.5 Å². The molecule has 0 saturated carbocycles. The number of para-hydroxylation sites is 2. The maximum absolute atomic E-state index is 12.5. The zero-order chi connectivity index (χ0) is 19.1. The van der Waals surface area contributed by atoms with Gasteiger partial charge in [0.15, 0.2) is 0 Å². The summed E-state index contributed by atoms with van der Waals surface area (Å²) in [5.74, 6) is 0.648. The van der Waals surface area contributed by atoms with Gasteiger partial charge in [-0.2, -0.15) is 0 Å². The standard InChI is InChI=1S/C22H27N3O2/c1-16(18-10-7-13-23-15-18)14-21(26)24-19-11-5-6-12-20(19)25-22(27)17-8-3-2-4-9-17/h2-6,8-9,11-12,16,18,23H,7,10,13-15H2,1H3,(H,24,26)(H,25,27). The summed E-state index contributed by atoms with van der Waals surface area (Å²) >= 11 is 0. The number of benzene rings is 2. The molecule has 0 aliphatic carbocycles. The molecule has 3 N–H and O–H groups in total. The molecule has 142 valence electrons. The highest BCUT2D eigenvalue weighted by atomic mass is 16.2. The van der Waals surface area contributed by atoms with Crippen molar-refractivity contribution in [2.75, 3.05) is 23.7 Å². The molecule has 1 saturated heterocycles. The maximum atomic E-state index is 12.5. The van der Waals surface area contributed by atoms with Gasteiger partial charge in [-0.05, 0) is 62.0 Å². The number of carbonyl (C=O) groups is 2. The van der Waals surface area contributed by atoms with Gasteiger partial charge in [0.1, 0.15) is 0 Å². The second-order valence-electron chi connectivity index (χ2n) is 7.20. The molecule has 1 aliphatic rings. The van der Waals surface area contributed by atoms with Crippen LogP contribution in [0.5, 0.6) is 0 Å². The summed E-state index contributed by atoms with van der Waals surface area (Å²) in [6, 6.07) is 16.3. The van der Waals surface area contributed by atoms with Gasteiger partial charge in [0.05, 0.1) is 11.4 Å². The molecule has 5 heteroatoms. The van der Waals surface area contributed by atoms with E-state index in [1.54, 1.807) is 18.2 Å². The molecule has 2 aromatic rings. The van der Waals surface area contributed by atoms with E-state index >= 15 is 0 Å². The Hall–Kier alpha value is -2.66. The number of piperidine rings is 1. The summed E-state index contributed by atoms with van der Waals surface area (Å²) in [7, 11) is 0. The molecule has 2 amide bonds. The molecule has 27 heavy (non-hydrogen) atoms. The SMILES string of the molecule is CC(CC(=O)Nc1ccccc1NC(=O)c1ccccc1)C1CCCNC1. The number of anilines is 2. The van der Waals surface area contributed by atoms with E-state index in [0.29, 0.717) is 35.2 Å². The van der Waals surface area contributed by atoms with E-state index in [2.05, 4.69) is 22.9 Å². The second kappa shape index (κ2) is 9.33. The van der Waals surface area contributed by atoms with Crippen molar-refractivity contribution in [1.82, 2.24) is 5.32 Å². The Morgan fingerprint density at radius 1 is 1.04 bits per heavy atom. The largest absolute Gasteiger partial charge is 0.324 e. The lowest BCUT2D eigenvalue weighted by atomic mass is 9.85. The smallest absolute Gasteiger partial charge is 0.255 e. The van der Waals surface area contributed by atoms with Crippen LogP contribution in [0.15, 0.2) is 54.6 Å². The number of hydrogen-bond acceptors (Lipinski definition) is 3. The highest BCUT2D eigenvalue weighted by molar-refractivity contribution is 6.07. The lowest BCUT2D eigenvalue weighted by Gasteiger charge is -2.28. The van der Waals surface area contributed by atoms with Gasteiger partial charge in [-0.1, -0.05) is 37.3 Å². The van der Waals surface area contributed by atoms with Crippen LogP contribution in [0.25, 0.3) is 0 Å². The van der Waals surface area contributed by atoms with Gasteiger partial charge < -0.3 is 16.0 Å². The fraction of sp³-hybridized carbons (Fsp3) is 0.364. The average Bonchev–Trinajstić information content (AvgIpc) is 2.70. The van der Waals surface area contributed by atoms with Crippen LogP contribution >= 0.6 is 0 Å². The average molecular weight is 365 g/mol. The molecule has 2 atom stereocenters. The van der Waals surface area contributed by atoms with Gasteiger partial charge in [0.2, 0.25) is 5.91 Å². The maximum Gasteiger partial charge on any atom is 0.255 e. The zero-order valence-corrected chi connectivity index (χ0v) is 15.7. The molecule has 2 aromatic carbocycles. The van der Waals surface area contributed by atoms with Crippen molar-refractivity contribution in [2.24, 2.45) is 11.8 Å². The van der Waals surface area contributed by atoms with Crippen LogP contribution in [0.2, 0.25) is 0 Å². The number of carbonyl (C=O) groups excluding carboxylic acids is 2. The number of hydrogen-bond donors (Lipinski definition) is 3. The molecular weight excluding hydrogens is 338 g/mol. The molecule has 0 aromatic heterocycles. The lowest BCUT2D eigenvalue weighted by molar-refractivity contribution is -0.117. The first kappa shape index (κ1) is 19.1. The summed E-state index contributed by atoms with van der Waals surface area (Å²) in [5.41, 5.74) is 1.81. The Balaban J connectivity index is 1.61. The Morgan fingerprint density at radius 2 is 1.70 bits per heavy atom. The first-order chi connectivity index (χ1) is 13.1. The normalized spacial score (nSPS) is 17.7. The molecular formula is C22H27N3O2. The van der Waals surface area contributed by atoms with Crippen molar-refractivity contribution in [1.29, 1.82) is 0 Å². The summed E-state index contributed by atoms with van der Waals surface area (Å²) in [4.78, 5) is 24.9. The van der Waals surface area contributed by atoms with Crippen molar-refractivity contribution in [3.05, 3.63) is 60.2 Å². The highest BCUT2D eigenvalue weighted by Crippen LogP contribution is 2.25. The Morgan fingerprint density at radius 3 is 2.37 bits per heavy atom. The molecule has 3 rings (SSSR count). The van der Waals surface area contributed by atoms with E-state index in [-0.39, 0.29) is 11.8 Å². The first-order valence-electron chi connectivity index (χ1n) is 9.59. The zero-order valence-electron chi connectivity index (χ0n) is 15.7. The molecule has 1 heterocycles. The minimum atomic E-state index is -0.195. The Kier molecular flexibility index (Phi) is 6.60. The molecule has 2 unspecified atom stereocenters. The topological polar surface area (TPSA) is 70.2 Å². The number of rotatable bonds is 6. The van der Waals surface area contributed by atoms with E-state index < -0.39 is 0 Å². The molecule has 1 fully saturated rings. The highest BCUT2D eigenvalue weighted by Gasteiger charge is 2.22. The van der Waals surface area contributed by atoms with Gasteiger partial charge in [0, 0.05) is 12.0 Å². The number of amides is 2. The van der Waals surface area contributed by atoms with Crippen LogP contribution < -0.4 is 16.0 Å². The van der Waals surface area contributed by atoms with E-state index in [0.717, 1.165) is 13.1 Å². The van der Waals surface area contributed by atoms with Crippen LogP contribution in [-0.4, -0.2) is 24.9 Å². The fourth-order valence-corrected chi connectivity index (χ4v) is 3.51.